The molecule has 0 saturated heterocycles. The predicted octanol–water partition coefficient (Wildman–Crippen LogP) is 5.33. The Kier molecular flexibility index (Phi) is 5.16. The molecule has 0 aromatic heterocycles. The minimum absolute atomic E-state index is 0.702. The van der Waals surface area contributed by atoms with Crippen molar-refractivity contribution in [2.45, 2.75) is 63.3 Å². The zero-order valence-corrected chi connectivity index (χ0v) is 15.6. The molecule has 0 heterocycles. The first-order valence-electron chi connectivity index (χ1n) is 9.14. The fraction of sp³-hybridized carbons (Fsp3) is 0.684. The smallest absolute Gasteiger partial charge is 0.279 e. The number of hydrogen-bond donors (Lipinski definition) is 1. The van der Waals surface area contributed by atoms with Crippen molar-refractivity contribution in [1.82, 2.24) is 0 Å². The van der Waals surface area contributed by atoms with E-state index in [0.717, 1.165) is 17.8 Å². The predicted molar refractivity (Wildman–Crippen MR) is 93.3 cm³/mol. The lowest BCUT2D eigenvalue weighted by molar-refractivity contribution is -0.0510. The van der Waals surface area contributed by atoms with Gasteiger partial charge in [-0.25, -0.2) is 0 Å². The summed E-state index contributed by atoms with van der Waals surface area (Å²) in [5.41, 5.74) is -1.47. The maximum atomic E-state index is 10.7. The molecule has 4 atom stereocenters. The zero-order chi connectivity index (χ0) is 19.2. The van der Waals surface area contributed by atoms with Crippen LogP contribution in [0.15, 0.2) is 24.3 Å². The van der Waals surface area contributed by atoms with Crippen molar-refractivity contribution in [3.8, 4) is 0 Å². The number of alkyl halides is 3. The van der Waals surface area contributed by atoms with Gasteiger partial charge in [-0.2, -0.15) is 21.6 Å². The Morgan fingerprint density at radius 2 is 1.77 bits per heavy atom. The van der Waals surface area contributed by atoms with Gasteiger partial charge in [0.1, 0.15) is 0 Å². The molecule has 0 bridgehead atoms. The fourth-order valence-corrected chi connectivity index (χ4v) is 5.51. The van der Waals surface area contributed by atoms with E-state index < -0.39 is 15.6 Å². The van der Waals surface area contributed by atoms with Crippen LogP contribution < -0.4 is 0 Å². The summed E-state index contributed by atoms with van der Waals surface area (Å²) in [4.78, 5) is 0. The second-order valence-electron chi connectivity index (χ2n) is 8.12. The molecular weight excluding hydrogens is 365 g/mol. The Balaban J connectivity index is 0.000000211. The van der Waals surface area contributed by atoms with Gasteiger partial charge in [0, 0.05) is 0 Å². The first-order chi connectivity index (χ1) is 12.0. The molecule has 1 aromatic rings. The van der Waals surface area contributed by atoms with Crippen LogP contribution in [0.5, 0.6) is 0 Å². The van der Waals surface area contributed by atoms with E-state index in [-0.39, 0.29) is 0 Å². The molecule has 1 aromatic carbocycles. The van der Waals surface area contributed by atoms with Gasteiger partial charge in [0.25, 0.3) is 0 Å². The third kappa shape index (κ3) is 3.65. The highest BCUT2D eigenvalue weighted by molar-refractivity contribution is 7.86. The molecule has 0 radical (unpaired) electrons. The summed E-state index contributed by atoms with van der Waals surface area (Å²) in [5, 5.41) is 0. The van der Waals surface area contributed by atoms with E-state index in [1.165, 1.54) is 44.9 Å². The lowest BCUT2D eigenvalue weighted by Crippen LogP contribution is -2.39. The van der Waals surface area contributed by atoms with Gasteiger partial charge in [0.2, 0.25) is 0 Å². The Hall–Kier alpha value is -1.08. The standard InChI is InChI=1S/C18H24.CHF3O3S/c1-18-11-4-7-17(18)16-9-8-13-5-2-3-6-14(13)15(16)10-12-18;2-1(3,4)8(5,6)7/h2-3,5-6,15-17H,4,7-12H2,1H3;(H,5,6,7)/t15-,16-,17+,18+;/m1./s1. The molecule has 0 spiro atoms. The van der Waals surface area contributed by atoms with Crippen molar-refractivity contribution in [3.05, 3.63) is 35.4 Å². The first-order valence-corrected chi connectivity index (χ1v) is 10.6. The van der Waals surface area contributed by atoms with Crippen LogP contribution in [-0.2, 0) is 16.5 Å². The molecule has 0 unspecified atom stereocenters. The van der Waals surface area contributed by atoms with E-state index in [1.807, 2.05) is 0 Å². The van der Waals surface area contributed by atoms with Gasteiger partial charge in [-0.15, -0.1) is 0 Å². The van der Waals surface area contributed by atoms with Crippen LogP contribution >= 0.6 is 0 Å². The summed E-state index contributed by atoms with van der Waals surface area (Å²) >= 11 is 0. The summed E-state index contributed by atoms with van der Waals surface area (Å²) in [6.45, 7) is 2.58. The molecule has 2 saturated carbocycles. The van der Waals surface area contributed by atoms with Crippen molar-refractivity contribution in [2.24, 2.45) is 17.3 Å². The van der Waals surface area contributed by atoms with Crippen molar-refractivity contribution in [3.63, 3.8) is 0 Å². The Labute approximate surface area is 152 Å². The van der Waals surface area contributed by atoms with Crippen LogP contribution in [0.1, 0.15) is 62.5 Å². The Bertz CT molecular complexity index is 760. The minimum Gasteiger partial charge on any atom is -0.279 e. The Morgan fingerprint density at radius 3 is 2.42 bits per heavy atom. The summed E-state index contributed by atoms with van der Waals surface area (Å²) in [6.07, 6.45) is 10.2. The van der Waals surface area contributed by atoms with Crippen molar-refractivity contribution >= 4 is 10.1 Å². The highest BCUT2D eigenvalue weighted by atomic mass is 32.2. The molecule has 0 amide bonds. The Morgan fingerprint density at radius 1 is 1.12 bits per heavy atom. The van der Waals surface area contributed by atoms with Crippen LogP contribution in [0.2, 0.25) is 0 Å². The molecule has 3 nitrogen and oxygen atoms in total. The summed E-state index contributed by atoms with van der Waals surface area (Å²) in [6, 6.07) is 9.27. The van der Waals surface area contributed by atoms with E-state index in [0.29, 0.717) is 5.41 Å². The van der Waals surface area contributed by atoms with Gasteiger partial charge in [-0.05, 0) is 72.8 Å². The molecule has 26 heavy (non-hydrogen) atoms. The maximum absolute atomic E-state index is 10.7. The largest absolute Gasteiger partial charge is 0.522 e. The van der Waals surface area contributed by atoms with E-state index in [4.69, 9.17) is 13.0 Å². The fourth-order valence-electron chi connectivity index (χ4n) is 5.51. The third-order valence-electron chi connectivity index (χ3n) is 6.71. The number of hydrogen-bond acceptors (Lipinski definition) is 2. The van der Waals surface area contributed by atoms with Gasteiger partial charge < -0.3 is 0 Å². The van der Waals surface area contributed by atoms with Gasteiger partial charge in [-0.3, -0.25) is 4.55 Å². The minimum atomic E-state index is -5.84. The molecule has 3 aliphatic carbocycles. The average Bonchev–Trinajstić information content (AvgIpc) is 2.95. The third-order valence-corrected chi connectivity index (χ3v) is 7.30. The highest BCUT2D eigenvalue weighted by Crippen LogP contribution is 2.60. The van der Waals surface area contributed by atoms with Crippen molar-refractivity contribution in [2.75, 3.05) is 0 Å². The van der Waals surface area contributed by atoms with E-state index in [9.17, 15) is 13.2 Å². The summed E-state index contributed by atoms with van der Waals surface area (Å²) in [5.74, 6) is 2.93. The lowest BCUT2D eigenvalue weighted by Gasteiger charge is -2.49. The highest BCUT2D eigenvalue weighted by Gasteiger charge is 2.50. The molecule has 3 aliphatic rings. The molecule has 7 heteroatoms. The molecule has 1 N–H and O–H groups in total. The van der Waals surface area contributed by atoms with Gasteiger partial charge in [-0.1, -0.05) is 37.6 Å². The topological polar surface area (TPSA) is 54.4 Å². The number of aryl methyl sites for hydroxylation is 1. The van der Waals surface area contributed by atoms with Gasteiger partial charge >= 0.3 is 15.6 Å². The maximum Gasteiger partial charge on any atom is 0.522 e. The normalized spacial score (nSPS) is 33.3. The monoisotopic (exact) mass is 390 g/mol. The summed E-state index contributed by atoms with van der Waals surface area (Å²) in [7, 11) is -5.84. The first kappa shape index (κ1) is 19.7. The summed E-state index contributed by atoms with van der Waals surface area (Å²) < 4.78 is 57.5. The van der Waals surface area contributed by atoms with Crippen molar-refractivity contribution in [1.29, 1.82) is 0 Å². The quantitative estimate of drug-likeness (QED) is 0.481. The van der Waals surface area contributed by atoms with Crippen LogP contribution in [0.4, 0.5) is 13.2 Å². The van der Waals surface area contributed by atoms with E-state index >= 15 is 0 Å². The number of halogens is 3. The molecule has 4 rings (SSSR count). The van der Waals surface area contributed by atoms with Gasteiger partial charge in [0.05, 0.1) is 0 Å². The average molecular weight is 390 g/mol. The molecule has 0 aliphatic heterocycles. The van der Waals surface area contributed by atoms with Crippen molar-refractivity contribution < 1.29 is 26.1 Å². The molecule has 2 fully saturated rings. The number of rotatable bonds is 0. The van der Waals surface area contributed by atoms with E-state index in [1.54, 1.807) is 11.1 Å². The van der Waals surface area contributed by atoms with Gasteiger partial charge in [0.15, 0.2) is 0 Å². The zero-order valence-electron chi connectivity index (χ0n) is 14.8. The van der Waals surface area contributed by atoms with Crippen LogP contribution in [0.25, 0.3) is 0 Å². The SMILES string of the molecule is C[C@@]12CCC[C@H]1[C@@H]1CCc3ccccc3[C@H]1CC2.O=S(=O)(O)C(F)(F)F. The van der Waals surface area contributed by atoms with Crippen LogP contribution in [-0.4, -0.2) is 18.5 Å². The number of benzene rings is 1. The van der Waals surface area contributed by atoms with E-state index in [2.05, 4.69) is 31.2 Å². The molecule has 146 valence electrons. The number of fused-ring (bicyclic) bond motifs is 5. The second-order valence-corrected chi connectivity index (χ2v) is 9.53. The van der Waals surface area contributed by atoms with Crippen LogP contribution in [0.3, 0.4) is 0 Å². The second kappa shape index (κ2) is 6.82. The lowest BCUT2D eigenvalue weighted by atomic mass is 9.56. The molecular formula is C19H25F3O3S. The van der Waals surface area contributed by atoms with Crippen LogP contribution in [0, 0.1) is 17.3 Å².